The molecule has 1 fully saturated rings. The second-order valence-corrected chi connectivity index (χ2v) is 12.3. The number of carbonyl (C=O) groups is 2. The molecule has 2 heterocycles. The van der Waals surface area contributed by atoms with Gasteiger partial charge in [-0.2, -0.15) is 0 Å². The molecule has 1 aromatic carbocycles. The highest BCUT2D eigenvalue weighted by atomic mass is 35.5. The Kier molecular flexibility index (Phi) is 8.11. The molecule has 1 aliphatic rings. The summed E-state index contributed by atoms with van der Waals surface area (Å²) in [6, 6.07) is 3.04. The zero-order chi connectivity index (χ0) is 27.0. The molecule has 6 nitrogen and oxygen atoms in total. The number of rotatable bonds is 9. The smallest absolute Gasteiger partial charge is 0.243 e. The molecular weight excluding hydrogens is 474 g/mol. The predicted octanol–water partition coefficient (Wildman–Crippen LogP) is 4.61. The number of benzene rings is 1. The Balaban J connectivity index is 2.23. The summed E-state index contributed by atoms with van der Waals surface area (Å²) in [7, 11) is 0. The van der Waals surface area contributed by atoms with Crippen LogP contribution in [0.3, 0.4) is 0 Å². The van der Waals surface area contributed by atoms with E-state index < -0.39 is 28.5 Å². The molecule has 3 rings (SSSR count). The van der Waals surface area contributed by atoms with Crippen LogP contribution in [0.15, 0.2) is 36.4 Å². The lowest BCUT2D eigenvalue weighted by Crippen LogP contribution is -2.61. The van der Waals surface area contributed by atoms with Crippen molar-refractivity contribution in [3.8, 4) is 0 Å². The summed E-state index contributed by atoms with van der Waals surface area (Å²) < 4.78 is 0. The van der Waals surface area contributed by atoms with Gasteiger partial charge in [0.05, 0.1) is 11.0 Å². The first kappa shape index (κ1) is 28.0. The molecule has 0 radical (unpaired) electrons. The van der Waals surface area contributed by atoms with Crippen molar-refractivity contribution >= 4 is 34.3 Å². The summed E-state index contributed by atoms with van der Waals surface area (Å²) in [6.07, 6.45) is 4.75. The summed E-state index contributed by atoms with van der Waals surface area (Å²) in [5.74, 6) is -0.389. The van der Waals surface area contributed by atoms with Crippen molar-refractivity contribution in [1.29, 1.82) is 0 Å². The van der Waals surface area contributed by atoms with Gasteiger partial charge in [0.25, 0.3) is 0 Å². The summed E-state index contributed by atoms with van der Waals surface area (Å²) >= 11 is 6.46. The fourth-order valence-electron chi connectivity index (χ4n) is 4.49. The molecule has 2 aromatic rings. The Morgan fingerprint density at radius 1 is 1.17 bits per heavy atom. The van der Waals surface area contributed by atoms with Gasteiger partial charge in [-0.05, 0) is 63.8 Å². The third kappa shape index (κ3) is 6.04. The molecule has 1 aromatic heterocycles. The van der Waals surface area contributed by atoms with Crippen molar-refractivity contribution in [3.05, 3.63) is 58.8 Å². The number of halogens is 1. The summed E-state index contributed by atoms with van der Waals surface area (Å²) in [6.45, 7) is 17.6. The molecule has 1 saturated heterocycles. The second kappa shape index (κ2) is 10.4. The molecule has 36 heavy (non-hydrogen) atoms. The predicted molar refractivity (Wildman–Crippen MR) is 148 cm³/mol. The monoisotopic (exact) mass is 513 g/mol. The quantitative estimate of drug-likeness (QED) is 0.291. The largest absolute Gasteiger partial charge is 0.391 e. The number of piperazine rings is 1. The maximum absolute atomic E-state index is 12.8. The number of allylic oxidation sites excluding steroid dienone is 3. The van der Waals surface area contributed by atoms with Gasteiger partial charge in [0.2, 0.25) is 11.8 Å². The van der Waals surface area contributed by atoms with E-state index in [9.17, 15) is 14.7 Å². The topological polar surface area (TPSA) is 94.2 Å². The molecule has 0 aliphatic carbocycles. The molecule has 0 saturated carbocycles. The number of fused-ring (bicyclic) bond motifs is 1. The normalized spacial score (nSPS) is 19.6. The van der Waals surface area contributed by atoms with Crippen LogP contribution in [0.1, 0.15) is 70.9 Å². The van der Waals surface area contributed by atoms with Crippen LogP contribution in [-0.2, 0) is 34.3 Å². The van der Waals surface area contributed by atoms with Crippen molar-refractivity contribution in [2.24, 2.45) is 0 Å². The van der Waals surface area contributed by atoms with Crippen LogP contribution < -0.4 is 10.6 Å². The van der Waals surface area contributed by atoms with E-state index in [4.69, 9.17) is 11.6 Å². The number of aliphatic hydroxyl groups is 1. The lowest BCUT2D eigenvalue weighted by Gasteiger charge is -2.29. The van der Waals surface area contributed by atoms with Crippen LogP contribution in [0, 0.1) is 0 Å². The Hall–Kier alpha value is -2.57. The number of aromatic nitrogens is 1. The van der Waals surface area contributed by atoms with Crippen LogP contribution >= 0.6 is 11.6 Å². The maximum atomic E-state index is 12.8. The molecule has 0 spiro atoms. The molecule has 7 heteroatoms. The summed E-state index contributed by atoms with van der Waals surface area (Å²) in [4.78, 5) is 28.0. The maximum Gasteiger partial charge on any atom is 0.243 e. The molecular formula is C29H40ClN3O3. The van der Waals surface area contributed by atoms with Crippen molar-refractivity contribution in [2.45, 2.75) is 96.2 Å². The number of aliphatic hydroxyl groups excluding tert-OH is 1. The van der Waals surface area contributed by atoms with E-state index >= 15 is 0 Å². The van der Waals surface area contributed by atoms with Gasteiger partial charge in [0.1, 0.15) is 12.1 Å². The van der Waals surface area contributed by atoms with Crippen molar-refractivity contribution in [1.82, 2.24) is 15.6 Å². The highest BCUT2D eigenvalue weighted by Crippen LogP contribution is 2.37. The molecule has 0 bridgehead atoms. The van der Waals surface area contributed by atoms with E-state index in [1.165, 1.54) is 5.57 Å². The Bertz CT molecular complexity index is 1200. The third-order valence-electron chi connectivity index (χ3n) is 7.06. The van der Waals surface area contributed by atoms with Crippen LogP contribution in [-0.4, -0.2) is 45.0 Å². The van der Waals surface area contributed by atoms with E-state index in [1.807, 2.05) is 6.08 Å². The van der Waals surface area contributed by atoms with Crippen molar-refractivity contribution in [2.75, 3.05) is 0 Å². The number of hydrogen-bond acceptors (Lipinski definition) is 3. The average Bonchev–Trinajstić information content (AvgIpc) is 3.14. The van der Waals surface area contributed by atoms with E-state index in [2.05, 4.69) is 68.1 Å². The number of amides is 2. The molecule has 1 aliphatic heterocycles. The van der Waals surface area contributed by atoms with Crippen molar-refractivity contribution in [3.63, 3.8) is 0 Å². The fraction of sp³-hybridized carbons (Fsp3) is 0.517. The average molecular weight is 514 g/mol. The van der Waals surface area contributed by atoms with Gasteiger partial charge in [-0.3, -0.25) is 9.59 Å². The zero-order valence-corrected chi connectivity index (χ0v) is 23.3. The number of H-pyrrole nitrogens is 1. The van der Waals surface area contributed by atoms with E-state index in [1.54, 1.807) is 20.8 Å². The lowest BCUT2D eigenvalue weighted by molar-refractivity contribution is -0.136. The minimum Gasteiger partial charge on any atom is -0.391 e. The van der Waals surface area contributed by atoms with E-state index in [0.717, 1.165) is 39.7 Å². The number of nitrogens with one attached hydrogen (secondary N) is 3. The molecule has 196 valence electrons. The van der Waals surface area contributed by atoms with Gasteiger partial charge < -0.3 is 20.7 Å². The third-order valence-corrected chi connectivity index (χ3v) is 7.31. The van der Waals surface area contributed by atoms with Crippen LogP contribution in [0.2, 0.25) is 0 Å². The minimum absolute atomic E-state index is 0.193. The Labute approximate surface area is 219 Å². The number of carbonyl (C=O) groups excluding carboxylic acids is 2. The summed E-state index contributed by atoms with van der Waals surface area (Å²) in [5.41, 5.74) is 5.68. The first-order chi connectivity index (χ1) is 16.6. The van der Waals surface area contributed by atoms with Crippen LogP contribution in [0.4, 0.5) is 0 Å². The zero-order valence-electron chi connectivity index (χ0n) is 22.5. The van der Waals surface area contributed by atoms with Gasteiger partial charge in [0.15, 0.2) is 0 Å². The molecule has 3 atom stereocenters. The number of hydrogen-bond donors (Lipinski definition) is 4. The van der Waals surface area contributed by atoms with E-state index in [-0.39, 0.29) is 11.8 Å². The first-order valence-corrected chi connectivity index (χ1v) is 12.9. The molecule has 2 amide bonds. The van der Waals surface area contributed by atoms with Gasteiger partial charge in [-0.15, -0.1) is 18.2 Å². The highest BCUT2D eigenvalue weighted by molar-refractivity contribution is 6.23. The second-order valence-electron chi connectivity index (χ2n) is 11.3. The van der Waals surface area contributed by atoms with E-state index in [0.29, 0.717) is 12.8 Å². The van der Waals surface area contributed by atoms with Crippen LogP contribution in [0.5, 0.6) is 0 Å². The Morgan fingerprint density at radius 3 is 2.42 bits per heavy atom. The first-order valence-electron chi connectivity index (χ1n) is 12.6. The van der Waals surface area contributed by atoms with Gasteiger partial charge >= 0.3 is 0 Å². The minimum atomic E-state index is -0.790. The standard InChI is InChI=1S/C29H40ClN3O3/c1-9-28(5,6)25-21(15-22-27(36)31-17(4)26(35)32-22)20-13-18(11-10-16(2)3)12-19(24(20)33-25)14-23(34)29(7,8)30/h9-10,12-13,17,22-23,33-34H,1,11,14-15H2,2-8H3,(H,31,36)(H,32,35)/t17-,22-,23+/m1/s1. The van der Waals surface area contributed by atoms with Crippen molar-refractivity contribution < 1.29 is 14.7 Å². The number of alkyl halides is 1. The Morgan fingerprint density at radius 2 is 1.83 bits per heavy atom. The van der Waals surface area contributed by atoms with Crippen LogP contribution in [0.25, 0.3) is 10.9 Å². The summed E-state index contributed by atoms with van der Waals surface area (Å²) in [5, 5.41) is 17.5. The molecule has 4 N–H and O–H groups in total. The lowest BCUT2D eigenvalue weighted by atomic mass is 9.84. The van der Waals surface area contributed by atoms with Gasteiger partial charge in [0, 0.05) is 34.9 Å². The van der Waals surface area contributed by atoms with Gasteiger partial charge in [-0.1, -0.05) is 37.6 Å². The highest BCUT2D eigenvalue weighted by Gasteiger charge is 2.34. The molecule has 0 unspecified atom stereocenters. The SMILES string of the molecule is C=CC(C)(C)c1[nH]c2c(C[C@H](O)C(C)(C)Cl)cc(CC=C(C)C)cc2c1C[C@H]1NC(=O)[C@@H](C)NC1=O. The number of aromatic amines is 1. The van der Waals surface area contributed by atoms with Gasteiger partial charge in [-0.25, -0.2) is 0 Å². The fourth-order valence-corrected chi connectivity index (χ4v) is 4.57.